The number of carbonyl (C=O) groups excluding carboxylic acids is 4. The van der Waals surface area contributed by atoms with E-state index in [1.54, 1.807) is 0 Å². The first kappa shape index (κ1) is 25.1. The highest BCUT2D eigenvalue weighted by Crippen LogP contribution is 2.28. The molecule has 2 heterocycles. The number of hydrogen-bond acceptors (Lipinski definition) is 4. The van der Waals surface area contributed by atoms with E-state index in [0.717, 1.165) is 24.0 Å². The lowest BCUT2D eigenvalue weighted by Crippen LogP contribution is -2.29. The summed E-state index contributed by atoms with van der Waals surface area (Å²) in [4.78, 5) is 50.1. The Labute approximate surface area is 221 Å². The quantitative estimate of drug-likeness (QED) is 0.394. The molecule has 0 fully saturated rings. The first-order valence-electron chi connectivity index (χ1n) is 12.7. The van der Waals surface area contributed by atoms with Crippen LogP contribution in [-0.2, 0) is 32.0 Å². The smallest absolute Gasteiger partial charge is 0.258 e. The van der Waals surface area contributed by atoms with Gasteiger partial charge in [0.15, 0.2) is 0 Å². The second kappa shape index (κ2) is 10.4. The molecule has 0 saturated heterocycles. The van der Waals surface area contributed by atoms with Crippen LogP contribution < -0.4 is 9.80 Å². The maximum atomic E-state index is 11.9. The summed E-state index contributed by atoms with van der Waals surface area (Å²) < 4.78 is 0. The SMILES string of the molecule is CC(Cc1cccc(CC(C)c2ccc(N3C(=O)C=CC3=O)cc2)c1)c1ccc(N2C(=O)C=CC2=O)cc1. The highest BCUT2D eigenvalue weighted by atomic mass is 16.2. The van der Waals surface area contributed by atoms with Crippen molar-refractivity contribution in [3.63, 3.8) is 0 Å². The molecule has 5 rings (SSSR count). The zero-order valence-corrected chi connectivity index (χ0v) is 21.3. The summed E-state index contributed by atoms with van der Waals surface area (Å²) in [7, 11) is 0. The Morgan fingerprint density at radius 3 is 1.21 bits per heavy atom. The summed E-state index contributed by atoms with van der Waals surface area (Å²) in [5.74, 6) is -0.728. The van der Waals surface area contributed by atoms with E-state index in [4.69, 9.17) is 0 Å². The van der Waals surface area contributed by atoms with Gasteiger partial charge in [-0.1, -0.05) is 62.4 Å². The zero-order chi connectivity index (χ0) is 26.8. The van der Waals surface area contributed by atoms with Gasteiger partial charge in [0.25, 0.3) is 23.6 Å². The molecule has 2 aliphatic rings. The minimum atomic E-state index is -0.313. The van der Waals surface area contributed by atoms with E-state index >= 15 is 0 Å². The highest BCUT2D eigenvalue weighted by molar-refractivity contribution is 6.28. The molecule has 0 saturated carbocycles. The van der Waals surface area contributed by atoms with Gasteiger partial charge in [0.1, 0.15) is 0 Å². The summed E-state index contributed by atoms with van der Waals surface area (Å²) >= 11 is 0. The molecule has 0 aliphatic carbocycles. The number of imide groups is 2. The summed E-state index contributed by atoms with van der Waals surface area (Å²) in [6, 6.07) is 23.8. The lowest BCUT2D eigenvalue weighted by Gasteiger charge is -2.18. The van der Waals surface area contributed by atoms with Crippen molar-refractivity contribution in [3.8, 4) is 0 Å². The Bertz CT molecular complexity index is 1320. The van der Waals surface area contributed by atoms with E-state index in [0.29, 0.717) is 11.4 Å². The van der Waals surface area contributed by atoms with Crippen molar-refractivity contribution in [1.29, 1.82) is 0 Å². The molecule has 2 unspecified atom stereocenters. The van der Waals surface area contributed by atoms with Crippen LogP contribution in [0.1, 0.15) is 47.9 Å². The molecule has 2 aliphatic heterocycles. The Morgan fingerprint density at radius 1 is 0.526 bits per heavy atom. The molecule has 190 valence electrons. The number of rotatable bonds is 8. The van der Waals surface area contributed by atoms with Crippen molar-refractivity contribution < 1.29 is 19.2 Å². The zero-order valence-electron chi connectivity index (χ0n) is 21.3. The van der Waals surface area contributed by atoms with Crippen LogP contribution in [-0.4, -0.2) is 23.6 Å². The number of amides is 4. The summed E-state index contributed by atoms with van der Waals surface area (Å²) in [5.41, 5.74) is 5.94. The van der Waals surface area contributed by atoms with Crippen LogP contribution in [0.5, 0.6) is 0 Å². The highest BCUT2D eigenvalue weighted by Gasteiger charge is 2.26. The monoisotopic (exact) mass is 504 g/mol. The average Bonchev–Trinajstić information content (AvgIpc) is 3.43. The van der Waals surface area contributed by atoms with Gasteiger partial charge in [-0.3, -0.25) is 19.2 Å². The molecule has 0 radical (unpaired) electrons. The van der Waals surface area contributed by atoms with Gasteiger partial charge in [-0.15, -0.1) is 0 Å². The van der Waals surface area contributed by atoms with Gasteiger partial charge in [0.05, 0.1) is 11.4 Å². The Morgan fingerprint density at radius 2 is 0.868 bits per heavy atom. The van der Waals surface area contributed by atoms with Gasteiger partial charge < -0.3 is 0 Å². The molecule has 0 aromatic heterocycles. The van der Waals surface area contributed by atoms with Gasteiger partial charge >= 0.3 is 0 Å². The lowest BCUT2D eigenvalue weighted by molar-refractivity contribution is -0.121. The first-order valence-corrected chi connectivity index (χ1v) is 12.7. The lowest BCUT2D eigenvalue weighted by atomic mass is 9.90. The minimum absolute atomic E-state index is 0.262. The van der Waals surface area contributed by atoms with Gasteiger partial charge in [-0.25, -0.2) is 9.80 Å². The van der Waals surface area contributed by atoms with Crippen LogP contribution >= 0.6 is 0 Å². The predicted octanol–water partition coefficient (Wildman–Crippen LogP) is 5.24. The largest absolute Gasteiger partial charge is 0.269 e. The second-order valence-electron chi connectivity index (χ2n) is 9.90. The molecule has 3 aromatic carbocycles. The number of carbonyl (C=O) groups is 4. The van der Waals surface area contributed by atoms with E-state index < -0.39 is 0 Å². The maximum Gasteiger partial charge on any atom is 0.258 e. The molecule has 3 aromatic rings. The van der Waals surface area contributed by atoms with E-state index in [9.17, 15) is 19.2 Å². The van der Waals surface area contributed by atoms with Gasteiger partial charge in [0.2, 0.25) is 0 Å². The predicted molar refractivity (Wildman–Crippen MR) is 147 cm³/mol. The van der Waals surface area contributed by atoms with Gasteiger partial charge in [-0.05, 0) is 71.2 Å². The molecule has 0 spiro atoms. The van der Waals surface area contributed by atoms with Crippen LogP contribution in [0.2, 0.25) is 0 Å². The van der Waals surface area contributed by atoms with E-state index in [2.05, 4.69) is 38.1 Å². The number of benzene rings is 3. The molecular weight excluding hydrogens is 476 g/mol. The third-order valence-electron chi connectivity index (χ3n) is 7.13. The number of anilines is 2. The fourth-order valence-corrected chi connectivity index (χ4v) is 5.04. The van der Waals surface area contributed by atoms with Crippen LogP contribution in [0.15, 0.2) is 97.1 Å². The van der Waals surface area contributed by atoms with Crippen LogP contribution in [0.4, 0.5) is 11.4 Å². The molecule has 0 bridgehead atoms. The van der Waals surface area contributed by atoms with Crippen LogP contribution in [0.25, 0.3) is 0 Å². The third-order valence-corrected chi connectivity index (χ3v) is 7.13. The molecule has 4 amide bonds. The molecular formula is C32H28N2O4. The van der Waals surface area contributed by atoms with Crippen molar-refractivity contribution in [3.05, 3.63) is 119 Å². The number of nitrogens with zero attached hydrogens (tertiary/aromatic N) is 2. The van der Waals surface area contributed by atoms with E-state index in [1.807, 2.05) is 48.5 Å². The topological polar surface area (TPSA) is 74.8 Å². The normalized spacial score (nSPS) is 16.6. The Balaban J connectivity index is 1.21. The van der Waals surface area contributed by atoms with Gasteiger partial charge in [0, 0.05) is 24.3 Å². The van der Waals surface area contributed by atoms with E-state index in [1.165, 1.54) is 45.2 Å². The van der Waals surface area contributed by atoms with Crippen LogP contribution in [0, 0.1) is 0 Å². The Hall–Kier alpha value is -4.58. The van der Waals surface area contributed by atoms with Crippen molar-refractivity contribution in [2.75, 3.05) is 9.80 Å². The molecule has 6 heteroatoms. The molecule has 0 N–H and O–H groups in total. The fraction of sp³-hybridized carbons (Fsp3) is 0.188. The fourth-order valence-electron chi connectivity index (χ4n) is 5.04. The van der Waals surface area contributed by atoms with Crippen molar-refractivity contribution in [2.24, 2.45) is 0 Å². The molecule has 38 heavy (non-hydrogen) atoms. The van der Waals surface area contributed by atoms with Crippen molar-refractivity contribution in [2.45, 2.75) is 38.5 Å². The first-order chi connectivity index (χ1) is 18.3. The molecule has 6 nitrogen and oxygen atoms in total. The Kier molecular flexibility index (Phi) is 6.88. The summed E-state index contributed by atoms with van der Waals surface area (Å²) in [6.07, 6.45) is 6.89. The summed E-state index contributed by atoms with van der Waals surface area (Å²) in [5, 5.41) is 0. The van der Waals surface area contributed by atoms with Crippen molar-refractivity contribution in [1.82, 2.24) is 0 Å². The maximum absolute atomic E-state index is 11.9. The van der Waals surface area contributed by atoms with Gasteiger partial charge in [-0.2, -0.15) is 0 Å². The van der Waals surface area contributed by atoms with Crippen LogP contribution in [0.3, 0.4) is 0 Å². The standard InChI is InChI=1S/C32H28N2O4/c1-21(25-6-10-27(11-7-25)33-29(35)14-15-30(33)36)18-23-4-3-5-24(20-23)19-22(2)26-8-12-28(13-9-26)34-31(37)16-17-32(34)38/h3-17,20-22H,18-19H2,1-2H3. The minimum Gasteiger partial charge on any atom is -0.269 e. The number of hydrogen-bond donors (Lipinski definition) is 0. The van der Waals surface area contributed by atoms with E-state index in [-0.39, 0.29) is 35.5 Å². The van der Waals surface area contributed by atoms with Crippen molar-refractivity contribution >= 4 is 35.0 Å². The second-order valence-corrected chi connectivity index (χ2v) is 9.90. The molecule has 2 atom stereocenters. The summed E-state index contributed by atoms with van der Waals surface area (Å²) in [6.45, 7) is 4.34. The average molecular weight is 505 g/mol. The third kappa shape index (κ3) is 5.11.